The Morgan fingerprint density at radius 3 is 2.52 bits per heavy atom. The van der Waals surface area contributed by atoms with Crippen LogP contribution in [0.1, 0.15) is 19.3 Å². The van der Waals surface area contributed by atoms with Crippen LogP contribution in [-0.2, 0) is 14.3 Å². The lowest BCUT2D eigenvalue weighted by molar-refractivity contribution is -0.133. The largest absolute Gasteiger partial charge is 0.395 e. The van der Waals surface area contributed by atoms with E-state index in [0.717, 1.165) is 19.3 Å². The molecule has 6 nitrogen and oxygen atoms in total. The van der Waals surface area contributed by atoms with Gasteiger partial charge in [-0.25, -0.2) is 0 Å². The Bertz CT molecular complexity index is 357. The number of aliphatic hydroxyl groups excluding tert-OH is 1. The SMILES string of the molecule is O=C(CSCC(=O)N(CCO)C1CCC1)N1CCOCC1. The van der Waals surface area contributed by atoms with Crippen molar-refractivity contribution in [3.05, 3.63) is 0 Å². The van der Waals surface area contributed by atoms with Gasteiger partial charge in [0.15, 0.2) is 0 Å². The minimum absolute atomic E-state index is 0.000382. The number of carbonyl (C=O) groups is 2. The standard InChI is InChI=1S/C14H24N2O4S/c17-7-4-16(12-2-1-3-12)14(19)11-21-10-13(18)15-5-8-20-9-6-15/h12,17H,1-11H2. The zero-order valence-corrected chi connectivity index (χ0v) is 13.1. The van der Waals surface area contributed by atoms with Crippen LogP contribution in [0, 0.1) is 0 Å². The van der Waals surface area contributed by atoms with Gasteiger partial charge in [0.2, 0.25) is 11.8 Å². The van der Waals surface area contributed by atoms with Gasteiger partial charge in [-0.05, 0) is 19.3 Å². The molecule has 0 aromatic rings. The minimum atomic E-state index is -0.000382. The summed E-state index contributed by atoms with van der Waals surface area (Å²) in [4.78, 5) is 27.7. The van der Waals surface area contributed by atoms with Crippen LogP contribution in [0.2, 0.25) is 0 Å². The highest BCUT2D eigenvalue weighted by molar-refractivity contribution is 8.00. The van der Waals surface area contributed by atoms with Crippen molar-refractivity contribution in [1.82, 2.24) is 9.80 Å². The molecule has 1 aliphatic carbocycles. The van der Waals surface area contributed by atoms with Crippen LogP contribution in [0.3, 0.4) is 0 Å². The van der Waals surface area contributed by atoms with E-state index in [0.29, 0.717) is 50.4 Å². The van der Waals surface area contributed by atoms with Crippen LogP contribution in [0.15, 0.2) is 0 Å². The quantitative estimate of drug-likeness (QED) is 0.713. The third kappa shape index (κ3) is 4.86. The first kappa shape index (κ1) is 16.6. The Balaban J connectivity index is 1.68. The second-order valence-corrected chi connectivity index (χ2v) is 6.37. The van der Waals surface area contributed by atoms with Crippen molar-refractivity contribution in [2.75, 3.05) is 51.0 Å². The van der Waals surface area contributed by atoms with Crippen molar-refractivity contribution in [2.24, 2.45) is 0 Å². The van der Waals surface area contributed by atoms with Crippen LogP contribution in [0.25, 0.3) is 0 Å². The van der Waals surface area contributed by atoms with Gasteiger partial charge in [0.25, 0.3) is 0 Å². The second kappa shape index (κ2) is 8.60. The monoisotopic (exact) mass is 316 g/mol. The molecule has 0 atom stereocenters. The van der Waals surface area contributed by atoms with Gasteiger partial charge >= 0.3 is 0 Å². The molecule has 2 amide bonds. The number of carbonyl (C=O) groups excluding carboxylic acids is 2. The number of hydrogen-bond acceptors (Lipinski definition) is 5. The van der Waals surface area contributed by atoms with Crippen LogP contribution in [0.5, 0.6) is 0 Å². The maximum absolute atomic E-state index is 12.2. The molecule has 0 aromatic heterocycles. The number of rotatable bonds is 7. The Labute approximate surface area is 129 Å². The van der Waals surface area contributed by atoms with E-state index in [1.54, 1.807) is 9.80 Å². The fraction of sp³-hybridized carbons (Fsp3) is 0.857. The minimum Gasteiger partial charge on any atom is -0.395 e. The summed E-state index contributed by atoms with van der Waals surface area (Å²) in [5.41, 5.74) is 0. The smallest absolute Gasteiger partial charge is 0.232 e. The van der Waals surface area contributed by atoms with Gasteiger partial charge in [-0.2, -0.15) is 0 Å². The first-order chi connectivity index (χ1) is 10.2. The lowest BCUT2D eigenvalue weighted by atomic mass is 9.91. The molecule has 1 saturated carbocycles. The van der Waals surface area contributed by atoms with Gasteiger partial charge in [0, 0.05) is 25.7 Å². The number of hydrogen-bond donors (Lipinski definition) is 1. The van der Waals surface area contributed by atoms with Crippen molar-refractivity contribution in [2.45, 2.75) is 25.3 Å². The molecule has 7 heteroatoms. The normalized spacial score (nSPS) is 19.2. The number of amides is 2. The summed E-state index contributed by atoms with van der Waals surface area (Å²) in [7, 11) is 0. The molecule has 1 heterocycles. The Hall–Kier alpha value is -0.790. The molecule has 1 saturated heterocycles. The average Bonchev–Trinajstić information content (AvgIpc) is 2.45. The summed E-state index contributed by atoms with van der Waals surface area (Å²) in [5, 5.41) is 9.06. The Morgan fingerprint density at radius 1 is 1.24 bits per heavy atom. The molecule has 120 valence electrons. The maximum atomic E-state index is 12.2. The summed E-state index contributed by atoms with van der Waals surface area (Å²) in [6, 6.07) is 0.292. The van der Waals surface area contributed by atoms with Crippen LogP contribution < -0.4 is 0 Å². The predicted octanol–water partition coefficient (Wildman–Crippen LogP) is -0.0482. The van der Waals surface area contributed by atoms with E-state index in [1.807, 2.05) is 0 Å². The molecule has 2 rings (SSSR count). The fourth-order valence-electron chi connectivity index (χ4n) is 2.53. The molecule has 0 bridgehead atoms. The molecule has 0 unspecified atom stereocenters. The van der Waals surface area contributed by atoms with Crippen molar-refractivity contribution in [1.29, 1.82) is 0 Å². The summed E-state index contributed by atoms with van der Waals surface area (Å²) in [6.07, 6.45) is 3.22. The first-order valence-corrected chi connectivity index (χ1v) is 8.71. The number of aliphatic hydroxyl groups is 1. The van der Waals surface area contributed by atoms with E-state index < -0.39 is 0 Å². The molecule has 0 aromatic carbocycles. The lowest BCUT2D eigenvalue weighted by Gasteiger charge is -2.37. The zero-order valence-electron chi connectivity index (χ0n) is 12.3. The molecule has 0 spiro atoms. The number of ether oxygens (including phenoxy) is 1. The lowest BCUT2D eigenvalue weighted by Crippen LogP contribution is -2.46. The fourth-order valence-corrected chi connectivity index (χ4v) is 3.33. The third-order valence-corrected chi connectivity index (χ3v) is 4.89. The molecular formula is C14H24N2O4S. The predicted molar refractivity (Wildman–Crippen MR) is 81.2 cm³/mol. The van der Waals surface area contributed by atoms with Crippen molar-refractivity contribution >= 4 is 23.6 Å². The summed E-state index contributed by atoms with van der Waals surface area (Å²) in [6.45, 7) is 2.89. The van der Waals surface area contributed by atoms with Gasteiger partial charge in [-0.15, -0.1) is 11.8 Å². The molecule has 2 aliphatic rings. The van der Waals surface area contributed by atoms with E-state index in [4.69, 9.17) is 9.84 Å². The molecule has 2 fully saturated rings. The van der Waals surface area contributed by atoms with Gasteiger partial charge in [0.1, 0.15) is 0 Å². The second-order valence-electron chi connectivity index (χ2n) is 5.38. The molecule has 21 heavy (non-hydrogen) atoms. The first-order valence-electron chi connectivity index (χ1n) is 7.56. The van der Waals surface area contributed by atoms with Crippen molar-refractivity contribution in [3.63, 3.8) is 0 Å². The highest BCUT2D eigenvalue weighted by Crippen LogP contribution is 2.25. The van der Waals surface area contributed by atoms with Crippen LogP contribution >= 0.6 is 11.8 Å². The van der Waals surface area contributed by atoms with Gasteiger partial charge in [-0.3, -0.25) is 9.59 Å². The summed E-state index contributed by atoms with van der Waals surface area (Å²) in [5.74, 6) is 0.762. The summed E-state index contributed by atoms with van der Waals surface area (Å²) >= 11 is 1.36. The number of thioether (sulfide) groups is 1. The third-order valence-electron chi connectivity index (χ3n) is 3.99. The van der Waals surface area contributed by atoms with Gasteiger partial charge in [0.05, 0.1) is 31.3 Å². The van der Waals surface area contributed by atoms with E-state index in [1.165, 1.54) is 11.8 Å². The van der Waals surface area contributed by atoms with Gasteiger partial charge < -0.3 is 19.6 Å². The van der Waals surface area contributed by atoms with Gasteiger partial charge in [-0.1, -0.05) is 0 Å². The van der Waals surface area contributed by atoms with E-state index in [9.17, 15) is 9.59 Å². The molecular weight excluding hydrogens is 292 g/mol. The van der Waals surface area contributed by atoms with E-state index in [2.05, 4.69) is 0 Å². The van der Waals surface area contributed by atoms with Crippen LogP contribution in [-0.4, -0.2) is 83.7 Å². The van der Waals surface area contributed by atoms with Crippen molar-refractivity contribution < 1.29 is 19.4 Å². The van der Waals surface area contributed by atoms with Crippen LogP contribution in [0.4, 0.5) is 0 Å². The highest BCUT2D eigenvalue weighted by atomic mass is 32.2. The molecule has 1 N–H and O–H groups in total. The molecule has 1 aliphatic heterocycles. The number of nitrogens with zero attached hydrogens (tertiary/aromatic N) is 2. The Kier molecular flexibility index (Phi) is 6.79. The molecule has 0 radical (unpaired) electrons. The number of morpholine rings is 1. The average molecular weight is 316 g/mol. The Morgan fingerprint density at radius 2 is 1.95 bits per heavy atom. The van der Waals surface area contributed by atoms with Crippen molar-refractivity contribution in [3.8, 4) is 0 Å². The van der Waals surface area contributed by atoms with E-state index in [-0.39, 0.29) is 18.4 Å². The topological polar surface area (TPSA) is 70.1 Å². The zero-order chi connectivity index (χ0) is 15.1. The van der Waals surface area contributed by atoms with E-state index >= 15 is 0 Å². The maximum Gasteiger partial charge on any atom is 0.232 e. The summed E-state index contributed by atoms with van der Waals surface area (Å²) < 4.78 is 5.21. The highest BCUT2D eigenvalue weighted by Gasteiger charge is 2.28.